The summed E-state index contributed by atoms with van der Waals surface area (Å²) in [6.07, 6.45) is 1.83. The Balaban J connectivity index is 0.00000445. The fourth-order valence-corrected chi connectivity index (χ4v) is 8.85. The van der Waals surface area contributed by atoms with Crippen LogP contribution in [-0.2, 0) is 26.5 Å². The summed E-state index contributed by atoms with van der Waals surface area (Å²) in [7, 11) is 0. The second-order valence-electron chi connectivity index (χ2n) is 15.8. The molecule has 1 N–H and O–H groups in total. The van der Waals surface area contributed by atoms with Gasteiger partial charge in [-0.05, 0) is 58.3 Å². The number of benzene rings is 8. The van der Waals surface area contributed by atoms with Crippen LogP contribution in [0.3, 0.4) is 0 Å². The van der Waals surface area contributed by atoms with Crippen LogP contribution < -0.4 is 0 Å². The Morgan fingerprint density at radius 1 is 0.590 bits per heavy atom. The van der Waals surface area contributed by atoms with E-state index < -0.39 is 0 Å². The monoisotopic (exact) mass is 967 g/mol. The van der Waals surface area contributed by atoms with Gasteiger partial charge in [-0.3, -0.25) is 9.55 Å². The smallest absolute Gasteiger partial charge is 0.148 e. The van der Waals surface area contributed by atoms with Crippen molar-refractivity contribution in [3.8, 4) is 56.3 Å². The second kappa shape index (κ2) is 15.2. The Hall–Kier alpha value is -7.07. The average molecular weight is 968 g/mol. The summed E-state index contributed by atoms with van der Waals surface area (Å²) in [4.78, 5) is 10.6. The molecule has 0 saturated heterocycles. The number of rotatable bonds is 7. The predicted molar refractivity (Wildman–Crippen MR) is 244 cm³/mol. The molecule has 3 aromatic heterocycles. The second-order valence-corrected chi connectivity index (χ2v) is 15.8. The van der Waals surface area contributed by atoms with Crippen LogP contribution in [0, 0.1) is 6.07 Å². The first-order chi connectivity index (χ1) is 29.4. The molecule has 3 heterocycles. The minimum atomic E-state index is -0.387. The Morgan fingerprint density at radius 3 is 2.08 bits per heavy atom. The Kier molecular flexibility index (Phi) is 9.50. The zero-order valence-corrected chi connectivity index (χ0v) is 35.7. The molecule has 0 radical (unpaired) electrons. The first-order valence-electron chi connectivity index (χ1n) is 20.2. The number of imidazole rings is 1. The van der Waals surface area contributed by atoms with Crippen molar-refractivity contribution >= 4 is 43.7 Å². The van der Waals surface area contributed by atoms with Crippen molar-refractivity contribution in [3.05, 3.63) is 205 Å². The van der Waals surface area contributed by atoms with Crippen molar-refractivity contribution in [2.75, 3.05) is 0 Å². The number of para-hydroxylation sites is 3. The summed E-state index contributed by atoms with van der Waals surface area (Å²) < 4.78 is 8.71. The number of hydrogen-bond donors (Lipinski definition) is 1. The van der Waals surface area contributed by atoms with E-state index in [0.29, 0.717) is 11.4 Å². The fourth-order valence-electron chi connectivity index (χ4n) is 8.85. The zero-order chi connectivity index (χ0) is 40.4. The van der Waals surface area contributed by atoms with Gasteiger partial charge in [-0.2, -0.15) is 0 Å². The van der Waals surface area contributed by atoms with Gasteiger partial charge in [0.15, 0.2) is 0 Å². The number of phenolic OH excluding ortho intramolecular Hbond substituents is 1. The van der Waals surface area contributed by atoms with Crippen molar-refractivity contribution in [1.29, 1.82) is 0 Å². The van der Waals surface area contributed by atoms with Crippen molar-refractivity contribution in [2.24, 2.45) is 0 Å². The molecule has 0 aliphatic carbocycles. The maximum atomic E-state index is 11.4. The van der Waals surface area contributed by atoms with Crippen LogP contribution in [0.2, 0.25) is 0 Å². The van der Waals surface area contributed by atoms with Crippen LogP contribution in [0.25, 0.3) is 94.3 Å². The van der Waals surface area contributed by atoms with Gasteiger partial charge in [-0.15, -0.1) is 29.3 Å². The van der Waals surface area contributed by atoms with E-state index in [-0.39, 0.29) is 32.2 Å². The van der Waals surface area contributed by atoms with Crippen LogP contribution in [-0.4, -0.2) is 19.6 Å². The first-order valence-corrected chi connectivity index (χ1v) is 20.2. The van der Waals surface area contributed by atoms with Gasteiger partial charge in [0.25, 0.3) is 0 Å². The van der Waals surface area contributed by atoms with E-state index in [1.54, 1.807) is 6.07 Å². The van der Waals surface area contributed by atoms with E-state index in [4.69, 9.17) is 14.4 Å². The largest absolute Gasteiger partial charge is 0.507 e. The third-order valence-corrected chi connectivity index (χ3v) is 12.0. The molecule has 11 rings (SSSR count). The minimum absolute atomic E-state index is 0. The molecular formula is C55H38N3O2Pt-. The fraction of sp³-hybridized carbons (Fsp3) is 0.0545. The quantitative estimate of drug-likeness (QED) is 0.162. The molecule has 11 aromatic rings. The van der Waals surface area contributed by atoms with E-state index in [1.165, 1.54) is 5.56 Å². The topological polar surface area (TPSA) is 64.1 Å². The zero-order valence-electron chi connectivity index (χ0n) is 33.4. The van der Waals surface area contributed by atoms with Gasteiger partial charge in [-0.1, -0.05) is 158 Å². The minimum Gasteiger partial charge on any atom is -0.507 e. The van der Waals surface area contributed by atoms with E-state index in [1.807, 2.05) is 36.5 Å². The standard InChI is InChI=1S/C55H38N3O2.Pt/c1-55(2,39-19-7-4-8-20-39)40-33-37(32-38(34-40)52-51-49(30-31-56-52)60-48-29-28-36-18-9-10-22-42(36)50(48)51)43-24-15-26-46-53(43)57-54(44-23-12-14-27-47(44)59)58(46)45-25-13-11-21-41(45)35-16-5-3-6-17-35;/h3-31,33-34,59H,1-2H3;/q-1;. The molecule has 8 aromatic carbocycles. The van der Waals surface area contributed by atoms with Crippen LogP contribution >= 0.6 is 0 Å². The van der Waals surface area contributed by atoms with Gasteiger partial charge in [0.05, 0.1) is 22.3 Å². The first kappa shape index (κ1) is 38.2. The van der Waals surface area contributed by atoms with Crippen LogP contribution in [0.4, 0.5) is 0 Å². The van der Waals surface area contributed by atoms with Gasteiger partial charge in [0.2, 0.25) is 0 Å². The number of phenols is 1. The van der Waals surface area contributed by atoms with Crippen molar-refractivity contribution in [2.45, 2.75) is 19.3 Å². The molecule has 0 aliphatic rings. The summed E-state index contributed by atoms with van der Waals surface area (Å²) >= 11 is 0. The molecule has 0 atom stereocenters. The predicted octanol–water partition coefficient (Wildman–Crippen LogP) is 14.0. The Labute approximate surface area is 367 Å². The molecule has 0 aliphatic heterocycles. The van der Waals surface area contributed by atoms with E-state index in [2.05, 4.69) is 170 Å². The number of furan rings is 1. The number of pyridine rings is 1. The molecule has 6 heteroatoms. The van der Waals surface area contributed by atoms with E-state index in [9.17, 15) is 5.11 Å². The molecular weight excluding hydrogens is 930 g/mol. The summed E-state index contributed by atoms with van der Waals surface area (Å²) in [5.41, 5.74) is 12.4. The van der Waals surface area contributed by atoms with Crippen molar-refractivity contribution < 1.29 is 30.6 Å². The molecule has 0 fully saturated rings. The molecule has 296 valence electrons. The number of fused-ring (bicyclic) bond motifs is 6. The maximum Gasteiger partial charge on any atom is 0.148 e. The summed E-state index contributed by atoms with van der Waals surface area (Å²) in [5.74, 6) is 0.801. The third-order valence-electron chi connectivity index (χ3n) is 12.0. The molecule has 61 heavy (non-hydrogen) atoms. The van der Waals surface area contributed by atoms with Gasteiger partial charge < -0.3 is 9.52 Å². The van der Waals surface area contributed by atoms with Crippen molar-refractivity contribution in [1.82, 2.24) is 14.5 Å². The summed E-state index contributed by atoms with van der Waals surface area (Å²) in [6.45, 7) is 4.54. The van der Waals surface area contributed by atoms with Crippen molar-refractivity contribution in [3.63, 3.8) is 0 Å². The Morgan fingerprint density at radius 2 is 1.26 bits per heavy atom. The van der Waals surface area contributed by atoms with Gasteiger partial charge >= 0.3 is 0 Å². The molecule has 0 bridgehead atoms. The molecule has 0 unspecified atom stereocenters. The van der Waals surface area contributed by atoms with Crippen LogP contribution in [0.15, 0.2) is 193 Å². The SMILES string of the molecule is CC(C)(c1ccccc1)c1cc(-c2cccc3c2nc(-c2ccccc2O)n3-c2ccccc2-c2ccccc2)[c-]c(-c2nccc3oc4ccc5ccccc5c4c23)c1.[Pt]. The number of nitrogens with zero attached hydrogens (tertiary/aromatic N) is 3. The third kappa shape index (κ3) is 6.36. The number of aromatic hydroxyl groups is 1. The number of aromatic nitrogens is 3. The van der Waals surface area contributed by atoms with E-state index >= 15 is 0 Å². The summed E-state index contributed by atoms with van der Waals surface area (Å²) in [6, 6.07) is 66.1. The maximum absolute atomic E-state index is 11.4. The molecule has 0 spiro atoms. The normalized spacial score (nSPS) is 11.7. The van der Waals surface area contributed by atoms with Gasteiger partial charge in [0, 0.05) is 54.7 Å². The van der Waals surface area contributed by atoms with Crippen LogP contribution in [0.1, 0.15) is 25.0 Å². The molecule has 5 nitrogen and oxygen atoms in total. The van der Waals surface area contributed by atoms with Crippen LogP contribution in [0.5, 0.6) is 5.75 Å². The van der Waals surface area contributed by atoms with Gasteiger partial charge in [-0.25, -0.2) is 4.98 Å². The Bertz CT molecular complexity index is 3420. The number of hydrogen-bond acceptors (Lipinski definition) is 4. The van der Waals surface area contributed by atoms with Gasteiger partial charge in [0.1, 0.15) is 22.7 Å². The average Bonchev–Trinajstić information content (AvgIpc) is 3.89. The molecule has 0 amide bonds. The van der Waals surface area contributed by atoms with E-state index in [0.717, 1.165) is 88.5 Å². The molecule has 0 saturated carbocycles. The summed E-state index contributed by atoms with van der Waals surface area (Å²) in [5, 5.41) is 15.6.